The average molecular weight is 273 g/mol. The van der Waals surface area contributed by atoms with Gasteiger partial charge in [0.15, 0.2) is 5.65 Å². The van der Waals surface area contributed by atoms with Crippen LogP contribution in [0.15, 0.2) is 23.8 Å². The van der Waals surface area contributed by atoms with E-state index in [2.05, 4.69) is 21.9 Å². The number of nitrogens with two attached hydrogens (primary N) is 1. The van der Waals surface area contributed by atoms with E-state index in [0.717, 1.165) is 28.3 Å². The van der Waals surface area contributed by atoms with E-state index in [0.29, 0.717) is 11.9 Å². The van der Waals surface area contributed by atoms with Gasteiger partial charge in [0, 0.05) is 30.2 Å². The molecule has 1 unspecified atom stereocenters. The largest absolute Gasteiger partial charge is 0.369 e. The summed E-state index contributed by atoms with van der Waals surface area (Å²) >= 11 is 1.66. The molecule has 0 aliphatic carbocycles. The third-order valence-electron chi connectivity index (χ3n) is 3.08. The van der Waals surface area contributed by atoms with E-state index in [1.54, 1.807) is 11.3 Å². The van der Waals surface area contributed by atoms with E-state index in [4.69, 9.17) is 5.73 Å². The topological polar surface area (TPSA) is 69.6 Å². The Kier molecular flexibility index (Phi) is 2.94. The highest BCUT2D eigenvalue weighted by Gasteiger charge is 2.15. The molecule has 0 aliphatic heterocycles. The van der Waals surface area contributed by atoms with Gasteiger partial charge in [0.2, 0.25) is 5.95 Å². The summed E-state index contributed by atoms with van der Waals surface area (Å²) in [7, 11) is 0. The fourth-order valence-electron chi connectivity index (χ4n) is 2.14. The maximum Gasteiger partial charge on any atom is 0.202 e. The zero-order chi connectivity index (χ0) is 13.4. The van der Waals surface area contributed by atoms with Crippen molar-refractivity contribution in [3.8, 4) is 0 Å². The predicted octanol–water partition coefficient (Wildman–Crippen LogP) is 2.58. The second-order valence-electron chi connectivity index (χ2n) is 4.71. The Morgan fingerprint density at radius 1 is 1.42 bits per heavy atom. The van der Waals surface area contributed by atoms with Crippen LogP contribution in [0.1, 0.15) is 23.4 Å². The number of pyridine rings is 1. The average Bonchev–Trinajstić information content (AvgIpc) is 2.98. The van der Waals surface area contributed by atoms with Crippen LogP contribution in [0.5, 0.6) is 0 Å². The van der Waals surface area contributed by atoms with Gasteiger partial charge in [0.1, 0.15) is 5.52 Å². The van der Waals surface area contributed by atoms with Crippen molar-refractivity contribution in [2.75, 3.05) is 5.73 Å². The summed E-state index contributed by atoms with van der Waals surface area (Å²) in [5.41, 5.74) is 8.78. The number of rotatable bonds is 3. The lowest BCUT2D eigenvalue weighted by molar-refractivity contribution is 0.610. The third-order valence-corrected chi connectivity index (χ3v) is 4.09. The van der Waals surface area contributed by atoms with Crippen LogP contribution in [-0.2, 0) is 6.54 Å². The highest BCUT2D eigenvalue weighted by Crippen LogP contribution is 2.24. The first kappa shape index (κ1) is 12.1. The van der Waals surface area contributed by atoms with Crippen LogP contribution in [0, 0.1) is 6.92 Å². The molecule has 3 aromatic rings. The van der Waals surface area contributed by atoms with E-state index >= 15 is 0 Å². The number of hydrogen-bond acceptors (Lipinski definition) is 5. The highest BCUT2D eigenvalue weighted by molar-refractivity contribution is 7.09. The normalized spacial score (nSPS) is 12.9. The minimum atomic E-state index is 0.294. The molecule has 5 nitrogen and oxygen atoms in total. The zero-order valence-electron chi connectivity index (χ0n) is 10.9. The van der Waals surface area contributed by atoms with Crippen molar-refractivity contribution in [1.29, 1.82) is 0 Å². The molecule has 98 valence electrons. The van der Waals surface area contributed by atoms with Gasteiger partial charge in [-0.05, 0) is 18.6 Å². The Hall–Kier alpha value is -1.95. The van der Waals surface area contributed by atoms with Crippen LogP contribution >= 0.6 is 11.3 Å². The highest BCUT2D eigenvalue weighted by atomic mass is 32.1. The van der Waals surface area contributed by atoms with Gasteiger partial charge in [-0.15, -0.1) is 11.3 Å². The lowest BCUT2D eigenvalue weighted by atomic mass is 10.2. The van der Waals surface area contributed by atoms with Gasteiger partial charge >= 0.3 is 0 Å². The van der Waals surface area contributed by atoms with Crippen molar-refractivity contribution in [3.05, 3.63) is 34.4 Å². The number of aryl methyl sites for hydroxylation is 1. The van der Waals surface area contributed by atoms with Crippen molar-refractivity contribution >= 4 is 28.4 Å². The van der Waals surface area contributed by atoms with Crippen LogP contribution < -0.4 is 5.73 Å². The van der Waals surface area contributed by atoms with Gasteiger partial charge in [0.05, 0.1) is 5.01 Å². The lowest BCUT2D eigenvalue weighted by Crippen LogP contribution is -2.09. The molecule has 3 aromatic heterocycles. The monoisotopic (exact) mass is 273 g/mol. The van der Waals surface area contributed by atoms with Gasteiger partial charge in [0.25, 0.3) is 0 Å². The van der Waals surface area contributed by atoms with E-state index in [-0.39, 0.29) is 0 Å². The van der Waals surface area contributed by atoms with Gasteiger partial charge in [-0.1, -0.05) is 6.92 Å². The first-order valence-electron chi connectivity index (χ1n) is 6.13. The smallest absolute Gasteiger partial charge is 0.202 e. The Bertz CT molecular complexity index is 701. The third kappa shape index (κ3) is 2.19. The van der Waals surface area contributed by atoms with Crippen LogP contribution in [-0.4, -0.2) is 19.5 Å². The number of aromatic nitrogens is 4. The maximum absolute atomic E-state index is 6.00. The fourth-order valence-corrected chi connectivity index (χ4v) is 2.83. The second kappa shape index (κ2) is 4.62. The summed E-state index contributed by atoms with van der Waals surface area (Å²) in [4.78, 5) is 13.2. The zero-order valence-corrected chi connectivity index (χ0v) is 11.7. The predicted molar refractivity (Wildman–Crippen MR) is 77.2 cm³/mol. The molecule has 1 atom stereocenters. The minimum Gasteiger partial charge on any atom is -0.369 e. The first-order chi connectivity index (χ1) is 9.15. The standard InChI is InChI=1S/C13H15N5S/c1-8-5-10-11(16-6-8)18(13(14)17-10)7-9(2)12-15-3-4-19-12/h3-6,9H,7H2,1-2H3,(H2,14,17). The van der Waals surface area contributed by atoms with E-state index in [1.165, 1.54) is 0 Å². The molecular formula is C13H15N5S. The molecule has 19 heavy (non-hydrogen) atoms. The summed E-state index contributed by atoms with van der Waals surface area (Å²) in [6.45, 7) is 4.88. The van der Waals surface area contributed by atoms with Crippen molar-refractivity contribution < 1.29 is 0 Å². The summed E-state index contributed by atoms with van der Waals surface area (Å²) in [6, 6.07) is 2.00. The van der Waals surface area contributed by atoms with Gasteiger partial charge < -0.3 is 5.73 Å². The molecule has 0 aromatic carbocycles. The van der Waals surface area contributed by atoms with Crippen molar-refractivity contribution in [2.24, 2.45) is 0 Å². The molecule has 0 fully saturated rings. The second-order valence-corrected chi connectivity index (χ2v) is 5.63. The lowest BCUT2D eigenvalue weighted by Gasteiger charge is -2.11. The molecule has 0 spiro atoms. The molecule has 0 saturated carbocycles. The molecule has 2 N–H and O–H groups in total. The number of hydrogen-bond donors (Lipinski definition) is 1. The number of anilines is 1. The number of nitrogen functional groups attached to an aromatic ring is 1. The molecule has 3 rings (SSSR count). The number of imidazole rings is 1. The Labute approximate surface area is 115 Å². The number of nitrogens with zero attached hydrogens (tertiary/aromatic N) is 4. The van der Waals surface area contributed by atoms with Crippen molar-refractivity contribution in [3.63, 3.8) is 0 Å². The van der Waals surface area contributed by atoms with E-state index < -0.39 is 0 Å². The Morgan fingerprint density at radius 2 is 2.26 bits per heavy atom. The van der Waals surface area contributed by atoms with Gasteiger partial charge in [-0.25, -0.2) is 15.0 Å². The van der Waals surface area contributed by atoms with Gasteiger partial charge in [-0.3, -0.25) is 4.57 Å². The molecule has 0 aliphatic rings. The fraction of sp³-hybridized carbons (Fsp3) is 0.308. The number of thiazole rings is 1. The minimum absolute atomic E-state index is 0.294. The Morgan fingerprint density at radius 3 is 3.00 bits per heavy atom. The summed E-state index contributed by atoms with van der Waals surface area (Å²) in [6.07, 6.45) is 3.67. The van der Waals surface area contributed by atoms with E-state index in [9.17, 15) is 0 Å². The van der Waals surface area contributed by atoms with Crippen molar-refractivity contribution in [1.82, 2.24) is 19.5 Å². The summed E-state index contributed by atoms with van der Waals surface area (Å²) in [5, 5.41) is 3.09. The molecule has 0 amide bonds. The Balaban J connectivity index is 1.98. The summed E-state index contributed by atoms with van der Waals surface area (Å²) in [5.74, 6) is 0.805. The van der Waals surface area contributed by atoms with Crippen LogP contribution in [0.3, 0.4) is 0 Å². The molecule has 0 bridgehead atoms. The SMILES string of the molecule is Cc1cnc2c(c1)nc(N)n2CC(C)c1nccs1. The van der Waals surface area contributed by atoms with Crippen LogP contribution in [0.4, 0.5) is 5.95 Å². The molecular weight excluding hydrogens is 258 g/mol. The van der Waals surface area contributed by atoms with E-state index in [1.807, 2.05) is 35.3 Å². The molecule has 0 saturated heterocycles. The first-order valence-corrected chi connectivity index (χ1v) is 7.01. The molecule has 6 heteroatoms. The van der Waals surface area contributed by atoms with Gasteiger partial charge in [-0.2, -0.15) is 0 Å². The molecule has 0 radical (unpaired) electrons. The van der Waals surface area contributed by atoms with Crippen molar-refractivity contribution in [2.45, 2.75) is 26.3 Å². The quantitative estimate of drug-likeness (QED) is 0.796. The number of fused-ring (bicyclic) bond motifs is 1. The van der Waals surface area contributed by atoms with Crippen LogP contribution in [0.25, 0.3) is 11.2 Å². The van der Waals surface area contributed by atoms with Crippen LogP contribution in [0.2, 0.25) is 0 Å². The molecule has 3 heterocycles. The summed E-state index contributed by atoms with van der Waals surface area (Å²) < 4.78 is 1.96. The maximum atomic E-state index is 6.00.